The fourth-order valence-electron chi connectivity index (χ4n) is 4.65. The van der Waals surface area contributed by atoms with Gasteiger partial charge in [0.25, 0.3) is 5.91 Å². The Labute approximate surface area is 179 Å². The minimum absolute atomic E-state index is 0.0839. The summed E-state index contributed by atoms with van der Waals surface area (Å²) in [7, 11) is 0. The lowest BCUT2D eigenvalue weighted by Gasteiger charge is -2.23. The van der Waals surface area contributed by atoms with Crippen LogP contribution in [0.15, 0.2) is 18.2 Å². The van der Waals surface area contributed by atoms with E-state index in [2.05, 4.69) is 32.3 Å². The van der Waals surface area contributed by atoms with E-state index >= 15 is 0 Å². The predicted molar refractivity (Wildman–Crippen MR) is 118 cm³/mol. The second-order valence-electron chi connectivity index (χ2n) is 9.27. The van der Waals surface area contributed by atoms with Crippen molar-refractivity contribution in [3.63, 3.8) is 0 Å². The van der Waals surface area contributed by atoms with Gasteiger partial charge in [0.05, 0.1) is 24.1 Å². The molecular formula is C24H35N3O3. The number of rotatable bonds is 6. The Morgan fingerprint density at radius 2 is 2.03 bits per heavy atom. The van der Waals surface area contributed by atoms with Crippen LogP contribution in [-0.4, -0.2) is 46.0 Å². The highest BCUT2D eigenvalue weighted by Gasteiger charge is 2.30. The standard InChI is InChI=1S/C24H35N3O3/c1-6-21-25-19-14-18(8-9-20(19)27(21)12-10-22(28)30-7-2)23(29)26-13-11-24(4,5)15-17(3)16-26/h8-9,14,17H,6-7,10-13,15-16H2,1-5H3. The fourth-order valence-corrected chi connectivity index (χ4v) is 4.65. The number of aryl methyl sites for hydroxylation is 2. The Hall–Kier alpha value is -2.37. The number of fused-ring (bicyclic) bond motifs is 1. The van der Waals surface area contributed by atoms with Crippen LogP contribution in [0, 0.1) is 11.3 Å². The fraction of sp³-hybridized carbons (Fsp3) is 0.625. The summed E-state index contributed by atoms with van der Waals surface area (Å²) in [5.74, 6) is 1.29. The van der Waals surface area contributed by atoms with E-state index in [1.165, 1.54) is 0 Å². The van der Waals surface area contributed by atoms with Gasteiger partial charge in [0.2, 0.25) is 0 Å². The van der Waals surface area contributed by atoms with Crippen LogP contribution in [-0.2, 0) is 22.5 Å². The Morgan fingerprint density at radius 1 is 1.27 bits per heavy atom. The van der Waals surface area contributed by atoms with Crippen molar-refractivity contribution in [1.29, 1.82) is 0 Å². The molecular weight excluding hydrogens is 378 g/mol. The van der Waals surface area contributed by atoms with Gasteiger partial charge in [-0.25, -0.2) is 4.98 Å². The summed E-state index contributed by atoms with van der Waals surface area (Å²) in [6.07, 6.45) is 3.24. The number of carbonyl (C=O) groups is 2. The van der Waals surface area contributed by atoms with Crippen molar-refractivity contribution in [3.8, 4) is 0 Å². The van der Waals surface area contributed by atoms with E-state index in [9.17, 15) is 9.59 Å². The molecule has 6 heteroatoms. The summed E-state index contributed by atoms with van der Waals surface area (Å²) < 4.78 is 7.12. The summed E-state index contributed by atoms with van der Waals surface area (Å²) in [5, 5.41) is 0. The molecule has 164 valence electrons. The van der Waals surface area contributed by atoms with Gasteiger partial charge in [-0.3, -0.25) is 9.59 Å². The van der Waals surface area contributed by atoms with Crippen LogP contribution >= 0.6 is 0 Å². The van der Waals surface area contributed by atoms with Crippen molar-refractivity contribution >= 4 is 22.9 Å². The second-order valence-corrected chi connectivity index (χ2v) is 9.27. The Morgan fingerprint density at radius 3 is 2.73 bits per heavy atom. The molecule has 0 bridgehead atoms. The summed E-state index contributed by atoms with van der Waals surface area (Å²) in [6.45, 7) is 13.2. The third kappa shape index (κ3) is 5.02. The number of esters is 1. The molecule has 0 saturated carbocycles. The lowest BCUT2D eigenvalue weighted by Crippen LogP contribution is -2.34. The van der Waals surface area contributed by atoms with Gasteiger partial charge in [-0.15, -0.1) is 0 Å². The number of benzene rings is 1. The molecule has 1 amide bonds. The Kier molecular flexibility index (Phi) is 6.84. The van der Waals surface area contributed by atoms with Crippen molar-refractivity contribution in [2.75, 3.05) is 19.7 Å². The first-order valence-corrected chi connectivity index (χ1v) is 11.2. The summed E-state index contributed by atoms with van der Waals surface area (Å²) in [6, 6.07) is 5.76. The van der Waals surface area contributed by atoms with Crippen LogP contribution in [0.25, 0.3) is 11.0 Å². The highest BCUT2D eigenvalue weighted by molar-refractivity contribution is 5.97. The van der Waals surface area contributed by atoms with Gasteiger partial charge in [-0.05, 0) is 49.3 Å². The van der Waals surface area contributed by atoms with Crippen LogP contribution < -0.4 is 0 Å². The number of aromatic nitrogens is 2. The van der Waals surface area contributed by atoms with Gasteiger partial charge in [0.1, 0.15) is 5.82 Å². The molecule has 1 saturated heterocycles. The number of imidazole rings is 1. The maximum Gasteiger partial charge on any atom is 0.307 e. The van der Waals surface area contributed by atoms with Gasteiger partial charge in [0, 0.05) is 31.6 Å². The molecule has 0 spiro atoms. The molecule has 2 heterocycles. The zero-order valence-electron chi connectivity index (χ0n) is 19.0. The number of hydrogen-bond donors (Lipinski definition) is 0. The lowest BCUT2D eigenvalue weighted by molar-refractivity contribution is -0.143. The topological polar surface area (TPSA) is 64.4 Å². The van der Waals surface area contributed by atoms with Crippen molar-refractivity contribution in [1.82, 2.24) is 14.5 Å². The van der Waals surface area contributed by atoms with Crippen LogP contribution in [0.4, 0.5) is 0 Å². The smallest absolute Gasteiger partial charge is 0.307 e. The molecule has 1 atom stereocenters. The number of ether oxygens (including phenoxy) is 1. The molecule has 1 aliphatic rings. The molecule has 0 aliphatic carbocycles. The van der Waals surface area contributed by atoms with E-state index < -0.39 is 0 Å². The van der Waals surface area contributed by atoms with Gasteiger partial charge < -0.3 is 14.2 Å². The molecule has 0 radical (unpaired) electrons. The van der Waals surface area contributed by atoms with E-state index in [0.717, 1.165) is 49.2 Å². The Balaban J connectivity index is 1.83. The van der Waals surface area contributed by atoms with E-state index in [-0.39, 0.29) is 17.3 Å². The van der Waals surface area contributed by atoms with Crippen LogP contribution in [0.1, 0.15) is 70.1 Å². The van der Waals surface area contributed by atoms with E-state index in [4.69, 9.17) is 9.72 Å². The van der Waals surface area contributed by atoms with Gasteiger partial charge in [-0.2, -0.15) is 0 Å². The quantitative estimate of drug-likeness (QED) is 0.656. The maximum absolute atomic E-state index is 13.2. The van der Waals surface area contributed by atoms with Crippen molar-refractivity contribution in [2.45, 2.75) is 66.8 Å². The number of likely N-dealkylation sites (tertiary alicyclic amines) is 1. The molecule has 1 aromatic heterocycles. The largest absolute Gasteiger partial charge is 0.466 e. The minimum Gasteiger partial charge on any atom is -0.466 e. The summed E-state index contributed by atoms with van der Waals surface area (Å²) >= 11 is 0. The van der Waals surface area contributed by atoms with Gasteiger partial charge in [0.15, 0.2) is 0 Å². The van der Waals surface area contributed by atoms with Crippen LogP contribution in [0.2, 0.25) is 0 Å². The molecule has 6 nitrogen and oxygen atoms in total. The molecule has 1 aromatic carbocycles. The number of nitrogens with zero attached hydrogens (tertiary/aromatic N) is 3. The summed E-state index contributed by atoms with van der Waals surface area (Å²) in [4.78, 5) is 31.8. The monoisotopic (exact) mass is 413 g/mol. The van der Waals surface area contributed by atoms with Crippen LogP contribution in [0.3, 0.4) is 0 Å². The zero-order chi connectivity index (χ0) is 21.9. The SMILES string of the molecule is CCOC(=O)CCn1c(CC)nc2cc(C(=O)N3CCC(C)(C)CC(C)C3)ccc21. The third-order valence-corrected chi connectivity index (χ3v) is 6.01. The normalized spacial score (nSPS) is 19.0. The molecule has 3 rings (SSSR count). The number of amides is 1. The molecule has 1 fully saturated rings. The third-order valence-electron chi connectivity index (χ3n) is 6.01. The lowest BCUT2D eigenvalue weighted by atomic mass is 9.82. The average molecular weight is 414 g/mol. The molecule has 1 unspecified atom stereocenters. The highest BCUT2D eigenvalue weighted by atomic mass is 16.5. The molecule has 30 heavy (non-hydrogen) atoms. The predicted octanol–water partition coefficient (Wildman–Crippen LogP) is 4.45. The first-order valence-electron chi connectivity index (χ1n) is 11.2. The van der Waals surface area contributed by atoms with Crippen molar-refractivity contribution in [3.05, 3.63) is 29.6 Å². The molecule has 0 N–H and O–H groups in total. The first-order chi connectivity index (χ1) is 14.2. The molecule has 1 aliphatic heterocycles. The Bertz CT molecular complexity index is 916. The van der Waals surface area contributed by atoms with Crippen LogP contribution in [0.5, 0.6) is 0 Å². The second kappa shape index (κ2) is 9.19. The van der Waals surface area contributed by atoms with Gasteiger partial charge in [-0.1, -0.05) is 27.7 Å². The van der Waals surface area contributed by atoms with Crippen molar-refractivity contribution in [2.24, 2.45) is 11.3 Å². The first kappa shape index (κ1) is 22.3. The average Bonchev–Trinajstić information content (AvgIpc) is 2.98. The maximum atomic E-state index is 13.2. The highest BCUT2D eigenvalue weighted by Crippen LogP contribution is 2.33. The van der Waals surface area contributed by atoms with E-state index in [0.29, 0.717) is 31.1 Å². The van der Waals surface area contributed by atoms with Crippen molar-refractivity contribution < 1.29 is 14.3 Å². The number of carbonyl (C=O) groups excluding carboxylic acids is 2. The summed E-state index contributed by atoms with van der Waals surface area (Å²) in [5.41, 5.74) is 2.72. The van der Waals surface area contributed by atoms with E-state index in [1.54, 1.807) is 0 Å². The minimum atomic E-state index is -0.202. The number of hydrogen-bond acceptors (Lipinski definition) is 4. The zero-order valence-corrected chi connectivity index (χ0v) is 19.0. The molecule has 2 aromatic rings. The van der Waals surface area contributed by atoms with Gasteiger partial charge >= 0.3 is 5.97 Å². The van der Waals surface area contributed by atoms with E-state index in [1.807, 2.05) is 30.0 Å².